The zero-order chi connectivity index (χ0) is 19.8. The molecule has 0 bridgehead atoms. The van der Waals surface area contributed by atoms with Crippen molar-refractivity contribution in [2.45, 2.75) is 5.92 Å². The Balaban J connectivity index is 1.62. The fourth-order valence-corrected chi connectivity index (χ4v) is 4.35. The van der Waals surface area contributed by atoms with Crippen LogP contribution in [-0.4, -0.2) is 45.6 Å². The molecule has 0 spiro atoms. The van der Waals surface area contributed by atoms with Gasteiger partial charge in [0.15, 0.2) is 0 Å². The van der Waals surface area contributed by atoms with Crippen molar-refractivity contribution >= 4 is 33.1 Å². The molecule has 6 heteroatoms. The summed E-state index contributed by atoms with van der Waals surface area (Å²) in [7, 11) is 0. The molecule has 0 aliphatic heterocycles. The van der Waals surface area contributed by atoms with Crippen LogP contribution >= 0.6 is 0 Å². The van der Waals surface area contributed by atoms with Gasteiger partial charge in [-0.25, -0.2) is 0 Å². The van der Waals surface area contributed by atoms with Crippen LogP contribution in [0.25, 0.3) is 11.1 Å². The predicted molar refractivity (Wildman–Crippen MR) is 107 cm³/mol. The number of benzene rings is 3. The van der Waals surface area contributed by atoms with E-state index in [2.05, 4.69) is 0 Å². The SMILES string of the molecule is O=C(O)c1cc([AsH2])cc(C(=O)OCC2c3ccccc3-c3ccccc32)c1O. The molecule has 3 aromatic rings. The monoisotopic (exact) mass is 436 g/mol. The van der Waals surface area contributed by atoms with E-state index in [4.69, 9.17) is 4.74 Å². The summed E-state index contributed by atoms with van der Waals surface area (Å²) in [4.78, 5) is 23.9. The molecule has 4 rings (SSSR count). The summed E-state index contributed by atoms with van der Waals surface area (Å²) in [5, 5.41) is 19.4. The minimum absolute atomic E-state index is 0.105. The van der Waals surface area contributed by atoms with Gasteiger partial charge in [-0.3, -0.25) is 0 Å². The Hall–Kier alpha value is -3.04. The summed E-state index contributed by atoms with van der Waals surface area (Å²) in [6.45, 7) is 0.105. The van der Waals surface area contributed by atoms with Gasteiger partial charge in [0.25, 0.3) is 0 Å². The second kappa shape index (κ2) is 7.17. The Bertz CT molecular complexity index is 1060. The number of aromatic carboxylic acids is 1. The number of carboxylic acids is 1. The predicted octanol–water partition coefficient (Wildman–Crippen LogP) is 2.32. The Morgan fingerprint density at radius 1 is 0.929 bits per heavy atom. The molecule has 1 aliphatic rings. The fraction of sp³-hybridized carbons (Fsp3) is 0.0909. The minimum atomic E-state index is -1.29. The van der Waals surface area contributed by atoms with Crippen LogP contribution in [0.5, 0.6) is 5.75 Å². The molecule has 1 unspecified atom stereocenters. The number of esters is 1. The zero-order valence-corrected chi connectivity index (χ0v) is 17.2. The molecule has 2 N–H and O–H groups in total. The van der Waals surface area contributed by atoms with Gasteiger partial charge < -0.3 is 0 Å². The van der Waals surface area contributed by atoms with E-state index in [-0.39, 0.29) is 23.7 Å². The molecule has 1 aliphatic carbocycles. The zero-order valence-electron chi connectivity index (χ0n) is 14.8. The van der Waals surface area contributed by atoms with Crippen LogP contribution in [0, 0.1) is 0 Å². The number of ether oxygens (including phenoxy) is 1. The van der Waals surface area contributed by atoms with E-state index in [1.807, 2.05) is 48.5 Å². The molecular weight excluding hydrogens is 419 g/mol. The maximum atomic E-state index is 12.6. The van der Waals surface area contributed by atoms with E-state index >= 15 is 0 Å². The number of phenols is 1. The van der Waals surface area contributed by atoms with E-state index in [1.54, 1.807) is 0 Å². The number of fused-ring (bicyclic) bond motifs is 3. The first-order valence-electron chi connectivity index (χ1n) is 8.68. The number of carbonyl (C=O) groups excluding carboxylic acids is 1. The molecule has 0 aromatic heterocycles. The van der Waals surface area contributed by atoms with Crippen molar-refractivity contribution in [2.75, 3.05) is 6.61 Å². The van der Waals surface area contributed by atoms with E-state index < -0.39 is 17.7 Å². The Labute approximate surface area is 170 Å². The molecule has 140 valence electrons. The summed E-state index contributed by atoms with van der Waals surface area (Å²) in [6, 6.07) is 18.8. The molecular formula is C22H17AsO5. The first-order chi connectivity index (χ1) is 13.5. The van der Waals surface area contributed by atoms with Crippen molar-refractivity contribution in [3.63, 3.8) is 0 Å². The van der Waals surface area contributed by atoms with Crippen LogP contribution < -0.4 is 4.35 Å². The molecule has 0 saturated carbocycles. The van der Waals surface area contributed by atoms with Crippen molar-refractivity contribution in [3.8, 4) is 16.9 Å². The van der Waals surface area contributed by atoms with Gasteiger partial charge in [-0.2, -0.15) is 0 Å². The first-order valence-corrected chi connectivity index (χ1v) is 9.89. The molecule has 0 saturated heterocycles. The van der Waals surface area contributed by atoms with Crippen molar-refractivity contribution in [1.29, 1.82) is 0 Å². The molecule has 1 atom stereocenters. The second-order valence-electron chi connectivity index (χ2n) is 6.60. The summed E-state index contributed by atoms with van der Waals surface area (Å²) >= 11 is 1.16. The van der Waals surface area contributed by atoms with Crippen molar-refractivity contribution in [2.24, 2.45) is 0 Å². The molecule has 28 heavy (non-hydrogen) atoms. The van der Waals surface area contributed by atoms with Gasteiger partial charge in [-0.1, -0.05) is 0 Å². The van der Waals surface area contributed by atoms with Crippen LogP contribution in [0.15, 0.2) is 60.7 Å². The van der Waals surface area contributed by atoms with Crippen molar-refractivity contribution < 1.29 is 24.5 Å². The van der Waals surface area contributed by atoms with E-state index in [0.29, 0.717) is 4.35 Å². The Morgan fingerprint density at radius 3 is 2.04 bits per heavy atom. The van der Waals surface area contributed by atoms with Gasteiger partial charge in [-0.15, -0.1) is 0 Å². The molecule has 0 radical (unpaired) electrons. The van der Waals surface area contributed by atoms with Crippen LogP contribution in [0.3, 0.4) is 0 Å². The standard InChI is InChI=1S/C22H17AsO5/c23-12-9-17(21(25)26)20(24)18(10-12)22(27)28-11-19-15-7-3-1-5-13(15)14-6-2-4-8-16(14)19/h1-10,19,24H,11,23H2,(H,25,26). The van der Waals surface area contributed by atoms with Gasteiger partial charge in [0, 0.05) is 0 Å². The quantitative estimate of drug-likeness (QED) is 0.485. The summed E-state index contributed by atoms with van der Waals surface area (Å²) < 4.78 is 6.13. The maximum absolute atomic E-state index is 12.6. The molecule has 0 fully saturated rings. The van der Waals surface area contributed by atoms with E-state index in [0.717, 1.165) is 39.1 Å². The summed E-state index contributed by atoms with van der Waals surface area (Å²) in [6.07, 6.45) is 0. The average Bonchev–Trinajstić information content (AvgIpc) is 3.01. The Kier molecular flexibility index (Phi) is 4.70. The molecule has 5 nitrogen and oxygen atoms in total. The van der Waals surface area contributed by atoms with Crippen LogP contribution in [0.1, 0.15) is 37.8 Å². The molecule has 0 amide bonds. The Morgan fingerprint density at radius 2 is 1.46 bits per heavy atom. The van der Waals surface area contributed by atoms with Crippen molar-refractivity contribution in [1.82, 2.24) is 0 Å². The van der Waals surface area contributed by atoms with Crippen molar-refractivity contribution in [3.05, 3.63) is 82.9 Å². The van der Waals surface area contributed by atoms with Gasteiger partial charge in [0.05, 0.1) is 0 Å². The summed E-state index contributed by atoms with van der Waals surface area (Å²) in [5.74, 6) is -2.69. The first kappa shape index (κ1) is 18.3. The third-order valence-corrected chi connectivity index (χ3v) is 5.63. The average molecular weight is 436 g/mol. The van der Waals surface area contributed by atoms with Crippen LogP contribution in [-0.2, 0) is 4.74 Å². The molecule has 0 heterocycles. The van der Waals surface area contributed by atoms with E-state index in [1.165, 1.54) is 12.1 Å². The normalized spacial score (nSPS) is 12.3. The van der Waals surface area contributed by atoms with Gasteiger partial charge in [0.2, 0.25) is 0 Å². The third kappa shape index (κ3) is 3.08. The summed E-state index contributed by atoms with van der Waals surface area (Å²) in [5.41, 5.74) is 3.98. The number of hydrogen-bond donors (Lipinski definition) is 2. The van der Waals surface area contributed by atoms with Crippen LogP contribution in [0.2, 0.25) is 0 Å². The number of aromatic hydroxyl groups is 1. The molecule has 3 aromatic carbocycles. The number of carbonyl (C=O) groups is 2. The number of hydrogen-bond acceptors (Lipinski definition) is 4. The van der Waals surface area contributed by atoms with E-state index in [9.17, 15) is 19.8 Å². The fourth-order valence-electron chi connectivity index (χ4n) is 3.65. The third-order valence-electron chi connectivity index (χ3n) is 4.93. The topological polar surface area (TPSA) is 83.8 Å². The van der Waals surface area contributed by atoms with Gasteiger partial charge in [0.1, 0.15) is 0 Å². The number of carboxylic acid groups (broad SMARTS) is 1. The van der Waals surface area contributed by atoms with Gasteiger partial charge in [-0.05, 0) is 0 Å². The van der Waals surface area contributed by atoms with Gasteiger partial charge >= 0.3 is 170 Å². The van der Waals surface area contributed by atoms with Crippen LogP contribution in [0.4, 0.5) is 0 Å². The number of rotatable bonds is 4. The second-order valence-corrected chi connectivity index (χ2v) is 7.99.